The third-order valence-electron chi connectivity index (χ3n) is 1.78. The van der Waals surface area contributed by atoms with Crippen LogP contribution in [-0.4, -0.2) is 33.7 Å². The summed E-state index contributed by atoms with van der Waals surface area (Å²) >= 11 is 11.2. The lowest BCUT2D eigenvalue weighted by molar-refractivity contribution is -0.155. The predicted molar refractivity (Wildman–Crippen MR) is 58.5 cm³/mol. The highest BCUT2D eigenvalue weighted by Crippen LogP contribution is 2.24. The van der Waals surface area contributed by atoms with Gasteiger partial charge in [-0.25, -0.2) is 4.98 Å². The van der Waals surface area contributed by atoms with Crippen molar-refractivity contribution >= 4 is 35.1 Å². The van der Waals surface area contributed by atoms with Crippen molar-refractivity contribution in [3.05, 3.63) is 22.4 Å². The van der Waals surface area contributed by atoms with Gasteiger partial charge in [0.25, 0.3) is 0 Å². The molecular weight excluding hydrogens is 273 g/mol. The molecule has 0 bridgehead atoms. The van der Waals surface area contributed by atoms with Crippen LogP contribution in [0.25, 0.3) is 0 Å². The molecule has 0 fully saturated rings. The van der Waals surface area contributed by atoms with E-state index in [4.69, 9.17) is 38.2 Å². The van der Waals surface area contributed by atoms with Gasteiger partial charge in [0, 0.05) is 0 Å². The van der Waals surface area contributed by atoms with E-state index in [-0.39, 0.29) is 16.1 Å². The maximum Gasteiger partial charge on any atom is 0.321 e. The second-order valence-corrected chi connectivity index (χ2v) is 3.71. The normalized spacial score (nSPS) is 10.3. The van der Waals surface area contributed by atoms with Gasteiger partial charge in [-0.3, -0.25) is 9.59 Å². The van der Waals surface area contributed by atoms with E-state index >= 15 is 0 Å². The lowest BCUT2D eigenvalue weighted by Gasteiger charge is -2.10. The van der Waals surface area contributed by atoms with Crippen molar-refractivity contribution in [3.8, 4) is 5.75 Å². The van der Waals surface area contributed by atoms with Crippen molar-refractivity contribution in [3.63, 3.8) is 0 Å². The van der Waals surface area contributed by atoms with Crippen LogP contribution in [0.1, 0.15) is 0 Å². The van der Waals surface area contributed by atoms with E-state index in [9.17, 15) is 9.59 Å². The number of rotatable bonds is 5. The van der Waals surface area contributed by atoms with Crippen LogP contribution in [0.15, 0.2) is 12.1 Å². The molecule has 0 spiro atoms. The van der Waals surface area contributed by atoms with E-state index in [2.05, 4.69) is 4.98 Å². The first-order valence-electron chi connectivity index (χ1n) is 4.32. The molecule has 0 radical (unpaired) electrons. The maximum atomic E-state index is 10.6. The van der Waals surface area contributed by atoms with Crippen molar-refractivity contribution in [1.82, 2.24) is 4.98 Å². The summed E-state index contributed by atoms with van der Waals surface area (Å²) in [5.74, 6) is -4.57. The Hall–Kier alpha value is -1.53. The first-order chi connectivity index (χ1) is 7.91. The van der Waals surface area contributed by atoms with Crippen LogP contribution in [0.5, 0.6) is 5.75 Å². The number of aromatic nitrogens is 1. The van der Waals surface area contributed by atoms with E-state index in [0.29, 0.717) is 0 Å². The average molecular weight is 280 g/mol. The molecule has 0 saturated heterocycles. The Kier molecular flexibility index (Phi) is 4.53. The van der Waals surface area contributed by atoms with E-state index in [1.165, 1.54) is 12.1 Å². The minimum atomic E-state index is -1.67. The van der Waals surface area contributed by atoms with Gasteiger partial charge in [0.2, 0.25) is 0 Å². The third-order valence-corrected chi connectivity index (χ3v) is 2.26. The molecule has 17 heavy (non-hydrogen) atoms. The molecule has 0 amide bonds. The molecule has 1 aromatic heterocycles. The van der Waals surface area contributed by atoms with E-state index < -0.39 is 24.5 Å². The number of carboxylic acid groups (broad SMARTS) is 2. The van der Waals surface area contributed by atoms with Gasteiger partial charge in [0.1, 0.15) is 11.8 Å². The number of carbonyl (C=O) groups is 2. The van der Waals surface area contributed by atoms with Gasteiger partial charge in [-0.05, 0) is 12.1 Å². The number of hydrogen-bond donors (Lipinski definition) is 2. The van der Waals surface area contributed by atoms with Gasteiger partial charge in [0.05, 0.1) is 0 Å². The molecule has 92 valence electrons. The van der Waals surface area contributed by atoms with E-state index in [1.54, 1.807) is 0 Å². The Morgan fingerprint density at radius 2 is 1.88 bits per heavy atom. The molecule has 6 nitrogen and oxygen atoms in total. The molecule has 0 aliphatic heterocycles. The van der Waals surface area contributed by atoms with Gasteiger partial charge in [0.15, 0.2) is 16.8 Å². The van der Waals surface area contributed by atoms with Crippen molar-refractivity contribution in [2.24, 2.45) is 5.92 Å². The number of pyridine rings is 1. The highest BCUT2D eigenvalue weighted by Gasteiger charge is 2.27. The Morgan fingerprint density at radius 3 is 2.35 bits per heavy atom. The second-order valence-electron chi connectivity index (χ2n) is 2.96. The van der Waals surface area contributed by atoms with Crippen molar-refractivity contribution in [2.45, 2.75) is 0 Å². The lowest BCUT2D eigenvalue weighted by atomic mass is 10.2. The zero-order valence-corrected chi connectivity index (χ0v) is 9.77. The Bertz CT molecular complexity index is 437. The highest BCUT2D eigenvalue weighted by atomic mass is 35.5. The summed E-state index contributed by atoms with van der Waals surface area (Å²) < 4.78 is 4.96. The largest absolute Gasteiger partial charge is 0.489 e. The third kappa shape index (κ3) is 3.76. The van der Waals surface area contributed by atoms with Crippen molar-refractivity contribution < 1.29 is 24.5 Å². The summed E-state index contributed by atoms with van der Waals surface area (Å²) in [5.41, 5.74) is 0. The molecule has 0 saturated carbocycles. The molecule has 0 aliphatic rings. The molecule has 1 rings (SSSR count). The quantitative estimate of drug-likeness (QED) is 0.627. The molecule has 0 atom stereocenters. The van der Waals surface area contributed by atoms with Crippen LogP contribution in [-0.2, 0) is 9.59 Å². The molecular formula is C9H7Cl2NO5. The van der Waals surface area contributed by atoms with Crippen LogP contribution in [0.4, 0.5) is 0 Å². The lowest BCUT2D eigenvalue weighted by Crippen LogP contribution is -2.29. The fraction of sp³-hybridized carbons (Fsp3) is 0.222. The van der Waals surface area contributed by atoms with Crippen molar-refractivity contribution in [1.29, 1.82) is 0 Å². The Labute approximate surface area is 106 Å². The first-order valence-corrected chi connectivity index (χ1v) is 5.08. The minimum Gasteiger partial charge on any atom is -0.489 e. The van der Waals surface area contributed by atoms with Gasteiger partial charge in [-0.15, -0.1) is 0 Å². The van der Waals surface area contributed by atoms with Gasteiger partial charge in [-0.1, -0.05) is 23.2 Å². The summed E-state index contributed by atoms with van der Waals surface area (Å²) in [7, 11) is 0. The summed E-state index contributed by atoms with van der Waals surface area (Å²) in [4.78, 5) is 24.8. The van der Waals surface area contributed by atoms with E-state index in [1.807, 2.05) is 0 Å². The fourth-order valence-corrected chi connectivity index (χ4v) is 1.33. The van der Waals surface area contributed by atoms with Crippen LogP contribution in [0, 0.1) is 5.92 Å². The fourth-order valence-electron chi connectivity index (χ4n) is 0.928. The van der Waals surface area contributed by atoms with Crippen LogP contribution in [0.3, 0.4) is 0 Å². The standard InChI is InChI=1S/C9H7Cl2NO5/c10-6-2-1-5(7(11)12-6)17-3-4(8(13)14)9(15)16/h1-2,4H,3H2,(H,13,14)(H,15,16). The first kappa shape index (κ1) is 13.5. The number of aliphatic carboxylic acids is 2. The zero-order valence-electron chi connectivity index (χ0n) is 8.26. The minimum absolute atomic E-state index is 0.0629. The van der Waals surface area contributed by atoms with Crippen LogP contribution in [0.2, 0.25) is 10.3 Å². The summed E-state index contributed by atoms with van der Waals surface area (Å²) in [6.07, 6.45) is 0. The van der Waals surface area contributed by atoms with Crippen LogP contribution >= 0.6 is 23.2 Å². The topological polar surface area (TPSA) is 96.7 Å². The maximum absolute atomic E-state index is 10.6. The number of halogens is 2. The number of ether oxygens (including phenoxy) is 1. The SMILES string of the molecule is O=C(O)C(COc1ccc(Cl)nc1Cl)C(=O)O. The number of nitrogens with zero attached hydrogens (tertiary/aromatic N) is 1. The second kappa shape index (κ2) is 5.70. The van der Waals surface area contributed by atoms with Gasteiger partial charge < -0.3 is 14.9 Å². The predicted octanol–water partition coefficient (Wildman–Crippen LogP) is 1.55. The molecule has 1 aromatic rings. The molecule has 0 aliphatic carbocycles. The Morgan fingerprint density at radius 1 is 1.29 bits per heavy atom. The van der Waals surface area contributed by atoms with Crippen molar-refractivity contribution in [2.75, 3.05) is 6.61 Å². The number of hydrogen-bond acceptors (Lipinski definition) is 4. The summed E-state index contributed by atoms with van der Waals surface area (Å²) in [5, 5.41) is 17.3. The Balaban J connectivity index is 2.72. The average Bonchev–Trinajstić information content (AvgIpc) is 2.20. The van der Waals surface area contributed by atoms with E-state index in [0.717, 1.165) is 0 Å². The van der Waals surface area contributed by atoms with Gasteiger partial charge >= 0.3 is 11.9 Å². The molecule has 0 unspecified atom stereocenters. The molecule has 1 heterocycles. The number of carboxylic acids is 2. The van der Waals surface area contributed by atoms with Crippen LogP contribution < -0.4 is 4.74 Å². The molecule has 0 aromatic carbocycles. The van der Waals surface area contributed by atoms with Gasteiger partial charge in [-0.2, -0.15) is 0 Å². The zero-order chi connectivity index (χ0) is 13.0. The highest BCUT2D eigenvalue weighted by molar-refractivity contribution is 6.33. The smallest absolute Gasteiger partial charge is 0.321 e. The summed E-state index contributed by atoms with van der Waals surface area (Å²) in [6.45, 7) is -0.548. The molecule has 8 heteroatoms. The monoisotopic (exact) mass is 279 g/mol. The molecule has 2 N–H and O–H groups in total. The summed E-state index contributed by atoms with van der Waals surface area (Å²) in [6, 6.07) is 2.76.